The second-order valence-corrected chi connectivity index (χ2v) is 5.39. The number of pyridine rings is 1. The van der Waals surface area contributed by atoms with Gasteiger partial charge >= 0.3 is 0 Å². The molecule has 2 rings (SSSR count). The molecule has 0 aromatic carbocycles. The number of nitrogens with zero attached hydrogens (tertiary/aromatic N) is 3. The van der Waals surface area contributed by atoms with E-state index in [-0.39, 0.29) is 5.75 Å². The Labute approximate surface area is 104 Å². The van der Waals surface area contributed by atoms with E-state index in [1.807, 2.05) is 0 Å². The van der Waals surface area contributed by atoms with Gasteiger partial charge < -0.3 is 5.11 Å². The van der Waals surface area contributed by atoms with Crippen LogP contribution >= 0.6 is 11.3 Å². The first kappa shape index (κ1) is 12.0. The van der Waals surface area contributed by atoms with E-state index in [0.717, 1.165) is 10.0 Å². The Morgan fingerprint density at radius 3 is 2.65 bits per heavy atom. The third-order valence-electron chi connectivity index (χ3n) is 2.79. The fraction of sp³-hybridized carbons (Fsp3) is 0.417. The van der Waals surface area contributed by atoms with Crippen molar-refractivity contribution in [2.45, 2.75) is 26.7 Å². The molecule has 17 heavy (non-hydrogen) atoms. The van der Waals surface area contributed by atoms with Gasteiger partial charge in [-0.05, 0) is 12.0 Å². The molecule has 1 atom stereocenters. The summed E-state index contributed by atoms with van der Waals surface area (Å²) in [4.78, 5) is 4.18. The minimum atomic E-state index is 0.198. The lowest BCUT2D eigenvalue weighted by atomic mass is 9.99. The summed E-state index contributed by atoms with van der Waals surface area (Å²) >= 11 is 1.54. The Morgan fingerprint density at radius 1 is 1.24 bits per heavy atom. The van der Waals surface area contributed by atoms with Crippen LogP contribution in [0.5, 0.6) is 5.75 Å². The monoisotopic (exact) mass is 249 g/mol. The predicted octanol–water partition coefficient (Wildman–Crippen LogP) is 3.07. The minimum Gasteiger partial charge on any atom is -0.508 e. The standard InChI is InChI=1S/C12H15N3OS/c1-7(2)8(3)11-14-15-12(17-11)10-6-9(16)4-5-13-10/h4-8H,1-3H3,(H,13,16). The lowest BCUT2D eigenvalue weighted by Gasteiger charge is -2.10. The summed E-state index contributed by atoms with van der Waals surface area (Å²) in [6, 6.07) is 3.15. The molecule has 0 aliphatic heterocycles. The molecule has 0 radical (unpaired) electrons. The smallest absolute Gasteiger partial charge is 0.166 e. The van der Waals surface area contributed by atoms with E-state index >= 15 is 0 Å². The molecule has 0 amide bonds. The van der Waals surface area contributed by atoms with Gasteiger partial charge in [-0.3, -0.25) is 4.98 Å². The van der Waals surface area contributed by atoms with Gasteiger partial charge in [0.05, 0.1) is 0 Å². The lowest BCUT2D eigenvalue weighted by Crippen LogP contribution is -2.00. The third-order valence-corrected chi connectivity index (χ3v) is 3.94. The van der Waals surface area contributed by atoms with E-state index in [4.69, 9.17) is 0 Å². The van der Waals surface area contributed by atoms with E-state index in [1.54, 1.807) is 18.3 Å². The molecule has 0 spiro atoms. The van der Waals surface area contributed by atoms with Gasteiger partial charge in [0.2, 0.25) is 0 Å². The molecule has 2 heterocycles. The van der Waals surface area contributed by atoms with Crippen molar-refractivity contribution in [3.8, 4) is 16.5 Å². The highest BCUT2D eigenvalue weighted by atomic mass is 32.1. The van der Waals surface area contributed by atoms with Crippen LogP contribution in [-0.2, 0) is 0 Å². The first-order chi connectivity index (χ1) is 8.08. The molecule has 5 heteroatoms. The maximum absolute atomic E-state index is 9.40. The Morgan fingerprint density at radius 2 is 2.00 bits per heavy atom. The van der Waals surface area contributed by atoms with Crippen molar-refractivity contribution in [2.24, 2.45) is 5.92 Å². The van der Waals surface area contributed by atoms with Gasteiger partial charge in [0.15, 0.2) is 5.01 Å². The zero-order valence-corrected chi connectivity index (χ0v) is 10.9. The molecule has 0 bridgehead atoms. The maximum atomic E-state index is 9.40. The molecule has 1 N–H and O–H groups in total. The van der Waals surface area contributed by atoms with E-state index in [0.29, 0.717) is 17.5 Å². The Balaban J connectivity index is 2.30. The highest BCUT2D eigenvalue weighted by Crippen LogP contribution is 2.30. The van der Waals surface area contributed by atoms with Crippen LogP contribution < -0.4 is 0 Å². The normalized spacial score (nSPS) is 12.9. The average Bonchev–Trinajstić information content (AvgIpc) is 2.77. The highest BCUT2D eigenvalue weighted by Gasteiger charge is 2.16. The number of rotatable bonds is 3. The van der Waals surface area contributed by atoms with Gasteiger partial charge in [0.25, 0.3) is 0 Å². The summed E-state index contributed by atoms with van der Waals surface area (Å²) in [6.07, 6.45) is 1.57. The van der Waals surface area contributed by atoms with E-state index < -0.39 is 0 Å². The number of hydrogen-bond donors (Lipinski definition) is 1. The average molecular weight is 249 g/mol. The molecule has 2 aromatic heterocycles. The van der Waals surface area contributed by atoms with E-state index in [9.17, 15) is 5.11 Å². The fourth-order valence-corrected chi connectivity index (χ4v) is 2.38. The maximum Gasteiger partial charge on any atom is 0.166 e. The van der Waals surface area contributed by atoms with Crippen LogP contribution in [0.1, 0.15) is 31.7 Å². The first-order valence-corrected chi connectivity index (χ1v) is 6.38. The van der Waals surface area contributed by atoms with Crippen molar-refractivity contribution in [1.82, 2.24) is 15.2 Å². The fourth-order valence-electron chi connectivity index (χ4n) is 1.34. The van der Waals surface area contributed by atoms with Crippen LogP contribution in [0.15, 0.2) is 18.3 Å². The molecule has 2 aromatic rings. The quantitative estimate of drug-likeness (QED) is 0.908. The topological polar surface area (TPSA) is 58.9 Å². The minimum absolute atomic E-state index is 0.198. The molecular formula is C12H15N3OS. The predicted molar refractivity (Wildman–Crippen MR) is 68.1 cm³/mol. The van der Waals surface area contributed by atoms with Crippen molar-refractivity contribution in [3.63, 3.8) is 0 Å². The molecule has 0 aliphatic carbocycles. The number of hydrogen-bond acceptors (Lipinski definition) is 5. The third kappa shape index (κ3) is 2.61. The molecular weight excluding hydrogens is 234 g/mol. The Bertz CT molecular complexity index is 510. The van der Waals surface area contributed by atoms with Crippen molar-refractivity contribution >= 4 is 11.3 Å². The van der Waals surface area contributed by atoms with Crippen LogP contribution in [0.2, 0.25) is 0 Å². The highest BCUT2D eigenvalue weighted by molar-refractivity contribution is 7.14. The van der Waals surface area contributed by atoms with Crippen molar-refractivity contribution < 1.29 is 5.11 Å². The van der Waals surface area contributed by atoms with Crippen molar-refractivity contribution in [2.75, 3.05) is 0 Å². The van der Waals surface area contributed by atoms with Gasteiger partial charge in [0, 0.05) is 18.2 Å². The number of aromatic nitrogens is 3. The van der Waals surface area contributed by atoms with Gasteiger partial charge in [-0.25, -0.2) is 0 Å². The second-order valence-electron chi connectivity index (χ2n) is 4.38. The molecule has 4 nitrogen and oxygen atoms in total. The second kappa shape index (κ2) is 4.79. The lowest BCUT2D eigenvalue weighted by molar-refractivity contribution is 0.475. The van der Waals surface area contributed by atoms with Crippen LogP contribution in [-0.4, -0.2) is 20.3 Å². The Kier molecular flexibility index (Phi) is 3.38. The summed E-state index contributed by atoms with van der Waals surface area (Å²) in [7, 11) is 0. The van der Waals surface area contributed by atoms with E-state index in [1.165, 1.54) is 11.3 Å². The van der Waals surface area contributed by atoms with Crippen LogP contribution in [0.25, 0.3) is 10.7 Å². The summed E-state index contributed by atoms with van der Waals surface area (Å²) in [6.45, 7) is 6.47. The molecule has 1 unspecified atom stereocenters. The molecule has 0 saturated carbocycles. The zero-order valence-electron chi connectivity index (χ0n) is 10.1. The molecule has 0 saturated heterocycles. The van der Waals surface area contributed by atoms with Crippen molar-refractivity contribution in [1.29, 1.82) is 0 Å². The largest absolute Gasteiger partial charge is 0.508 e. The van der Waals surface area contributed by atoms with Crippen LogP contribution in [0.4, 0.5) is 0 Å². The van der Waals surface area contributed by atoms with Gasteiger partial charge in [-0.15, -0.1) is 10.2 Å². The zero-order chi connectivity index (χ0) is 12.4. The molecule has 90 valence electrons. The SMILES string of the molecule is CC(C)C(C)c1nnc(-c2cc(O)ccn2)s1. The summed E-state index contributed by atoms with van der Waals surface area (Å²) in [5.74, 6) is 1.12. The van der Waals surface area contributed by atoms with E-state index in [2.05, 4.69) is 36.0 Å². The summed E-state index contributed by atoms with van der Waals surface area (Å²) in [5.41, 5.74) is 0.671. The summed E-state index contributed by atoms with van der Waals surface area (Å²) in [5, 5.41) is 19.5. The van der Waals surface area contributed by atoms with Crippen molar-refractivity contribution in [3.05, 3.63) is 23.3 Å². The van der Waals surface area contributed by atoms with Gasteiger partial charge in [-0.1, -0.05) is 32.1 Å². The van der Waals surface area contributed by atoms with Crippen LogP contribution in [0, 0.1) is 5.92 Å². The molecule has 0 aliphatic rings. The van der Waals surface area contributed by atoms with Gasteiger partial charge in [-0.2, -0.15) is 0 Å². The Hall–Kier alpha value is -1.49. The van der Waals surface area contributed by atoms with Crippen LogP contribution in [0.3, 0.4) is 0 Å². The van der Waals surface area contributed by atoms with Gasteiger partial charge in [0.1, 0.15) is 16.5 Å². The number of aromatic hydroxyl groups is 1. The summed E-state index contributed by atoms with van der Waals surface area (Å²) < 4.78 is 0. The first-order valence-electron chi connectivity index (χ1n) is 5.56. The molecule has 0 fully saturated rings.